The Labute approximate surface area is 106 Å². The molecule has 2 aliphatic rings. The number of Topliss-reactive ketones (excluding diaryl/α,β-unsaturated/α-hetero) is 1. The molecular weight excluding hydrogens is 232 g/mol. The molecule has 92 valence electrons. The number of hydrogen-bond donors (Lipinski definition) is 1. The van der Waals surface area contributed by atoms with Crippen LogP contribution in [0.1, 0.15) is 27.7 Å². The lowest BCUT2D eigenvalue weighted by Gasteiger charge is -2.21. The zero-order chi connectivity index (χ0) is 11.8. The second-order valence-corrected chi connectivity index (χ2v) is 6.23. The fourth-order valence-electron chi connectivity index (χ4n) is 2.67. The number of thiophene rings is 1. The van der Waals surface area contributed by atoms with Gasteiger partial charge in [-0.3, -0.25) is 4.79 Å². The molecular formula is C13H18N2OS. The van der Waals surface area contributed by atoms with E-state index in [1.165, 1.54) is 15.3 Å². The van der Waals surface area contributed by atoms with Gasteiger partial charge in [0.25, 0.3) is 0 Å². The number of nitrogens with zero attached hydrogens (tertiary/aromatic N) is 1. The van der Waals surface area contributed by atoms with Gasteiger partial charge in [-0.2, -0.15) is 0 Å². The molecule has 1 unspecified atom stereocenters. The minimum absolute atomic E-state index is 0.115. The number of nitrogens with one attached hydrogen (secondary N) is 1. The lowest BCUT2D eigenvalue weighted by Crippen LogP contribution is -2.34. The Morgan fingerprint density at radius 2 is 2.35 bits per heavy atom. The fourth-order valence-corrected chi connectivity index (χ4v) is 3.96. The Balaban J connectivity index is 1.86. The van der Waals surface area contributed by atoms with E-state index in [2.05, 4.69) is 23.3 Å². The van der Waals surface area contributed by atoms with Crippen molar-refractivity contribution in [1.29, 1.82) is 0 Å². The molecule has 0 aromatic carbocycles. The zero-order valence-electron chi connectivity index (χ0n) is 10.2. The molecule has 1 aromatic rings. The van der Waals surface area contributed by atoms with Crippen molar-refractivity contribution in [2.75, 3.05) is 26.7 Å². The van der Waals surface area contributed by atoms with Crippen LogP contribution in [0.15, 0.2) is 6.07 Å². The highest BCUT2D eigenvalue weighted by Gasteiger charge is 2.27. The summed E-state index contributed by atoms with van der Waals surface area (Å²) in [7, 11) is 2.16. The number of ketones is 1. The molecule has 3 nitrogen and oxygen atoms in total. The van der Waals surface area contributed by atoms with Gasteiger partial charge >= 0.3 is 0 Å². The molecule has 0 spiro atoms. The lowest BCUT2D eigenvalue weighted by atomic mass is 9.95. The predicted octanol–water partition coefficient (Wildman–Crippen LogP) is 1.38. The molecule has 1 saturated heterocycles. The SMILES string of the molecule is CN1CCc2sc(C3CNCCC3=O)cc2C1. The molecule has 0 amide bonds. The number of likely N-dealkylation sites (N-methyl/N-ethyl adjacent to an activating group) is 1. The molecule has 1 aromatic heterocycles. The first kappa shape index (κ1) is 11.4. The third-order valence-electron chi connectivity index (χ3n) is 3.71. The number of rotatable bonds is 1. The highest BCUT2D eigenvalue weighted by atomic mass is 32.1. The second kappa shape index (κ2) is 4.52. The van der Waals surface area contributed by atoms with Gasteiger partial charge < -0.3 is 10.2 Å². The summed E-state index contributed by atoms with van der Waals surface area (Å²) >= 11 is 1.86. The van der Waals surface area contributed by atoms with Gasteiger partial charge in [0.05, 0.1) is 5.92 Å². The van der Waals surface area contributed by atoms with Crippen LogP contribution < -0.4 is 5.32 Å². The molecule has 1 N–H and O–H groups in total. The minimum Gasteiger partial charge on any atom is -0.315 e. The van der Waals surface area contributed by atoms with Crippen molar-refractivity contribution in [3.8, 4) is 0 Å². The van der Waals surface area contributed by atoms with Gasteiger partial charge in [-0.05, 0) is 25.1 Å². The Morgan fingerprint density at radius 3 is 3.18 bits per heavy atom. The van der Waals surface area contributed by atoms with Crippen LogP contribution in [0.5, 0.6) is 0 Å². The van der Waals surface area contributed by atoms with Crippen LogP contribution in [0.2, 0.25) is 0 Å². The van der Waals surface area contributed by atoms with E-state index in [4.69, 9.17) is 0 Å². The molecule has 1 fully saturated rings. The first-order valence-electron chi connectivity index (χ1n) is 6.27. The molecule has 1 atom stereocenters. The highest BCUT2D eigenvalue weighted by molar-refractivity contribution is 7.12. The van der Waals surface area contributed by atoms with Crippen molar-refractivity contribution >= 4 is 17.1 Å². The summed E-state index contributed by atoms with van der Waals surface area (Å²) < 4.78 is 0. The van der Waals surface area contributed by atoms with Crippen molar-refractivity contribution in [3.63, 3.8) is 0 Å². The van der Waals surface area contributed by atoms with Crippen molar-refractivity contribution in [1.82, 2.24) is 10.2 Å². The monoisotopic (exact) mass is 250 g/mol. The quantitative estimate of drug-likeness (QED) is 0.817. The van der Waals surface area contributed by atoms with E-state index >= 15 is 0 Å². The van der Waals surface area contributed by atoms with Gasteiger partial charge in [0.2, 0.25) is 0 Å². The number of piperidine rings is 1. The highest BCUT2D eigenvalue weighted by Crippen LogP contribution is 2.33. The molecule has 0 bridgehead atoms. The third-order valence-corrected chi connectivity index (χ3v) is 5.06. The van der Waals surface area contributed by atoms with E-state index in [1.54, 1.807) is 0 Å². The summed E-state index contributed by atoms with van der Waals surface area (Å²) in [5, 5.41) is 3.33. The smallest absolute Gasteiger partial charge is 0.143 e. The molecule has 2 aliphatic heterocycles. The lowest BCUT2D eigenvalue weighted by molar-refractivity contribution is -0.121. The molecule has 17 heavy (non-hydrogen) atoms. The van der Waals surface area contributed by atoms with Gasteiger partial charge in [-0.15, -0.1) is 11.3 Å². The van der Waals surface area contributed by atoms with Crippen LogP contribution >= 0.6 is 11.3 Å². The van der Waals surface area contributed by atoms with E-state index in [0.29, 0.717) is 12.2 Å². The number of fused-ring (bicyclic) bond motifs is 1. The maximum Gasteiger partial charge on any atom is 0.143 e. The fraction of sp³-hybridized carbons (Fsp3) is 0.615. The van der Waals surface area contributed by atoms with Crippen LogP contribution in [0, 0.1) is 0 Å². The molecule has 4 heteroatoms. The standard InChI is InChI=1S/C13H18N2OS/c1-15-5-3-12-9(8-15)6-13(17-12)10-7-14-4-2-11(10)16/h6,10,14H,2-5,7-8H2,1H3. The summed E-state index contributed by atoms with van der Waals surface area (Å²) in [4.78, 5) is 17.1. The summed E-state index contributed by atoms with van der Waals surface area (Å²) in [6.45, 7) is 3.86. The maximum atomic E-state index is 11.9. The van der Waals surface area contributed by atoms with Crippen LogP contribution in [-0.2, 0) is 17.8 Å². The van der Waals surface area contributed by atoms with Crippen LogP contribution in [-0.4, -0.2) is 37.4 Å². The van der Waals surface area contributed by atoms with Gasteiger partial charge in [0.1, 0.15) is 5.78 Å². The second-order valence-electron chi connectivity index (χ2n) is 5.06. The Hall–Kier alpha value is -0.710. The van der Waals surface area contributed by atoms with Crippen molar-refractivity contribution < 1.29 is 4.79 Å². The molecule has 0 aliphatic carbocycles. The van der Waals surface area contributed by atoms with Gasteiger partial charge in [0, 0.05) is 42.4 Å². The number of carbonyl (C=O) groups is 1. The molecule has 0 radical (unpaired) electrons. The van der Waals surface area contributed by atoms with E-state index < -0.39 is 0 Å². The average molecular weight is 250 g/mol. The van der Waals surface area contributed by atoms with Gasteiger partial charge in [0.15, 0.2) is 0 Å². The molecule has 3 rings (SSSR count). The first-order valence-corrected chi connectivity index (χ1v) is 7.09. The maximum absolute atomic E-state index is 11.9. The van der Waals surface area contributed by atoms with E-state index in [-0.39, 0.29) is 5.92 Å². The summed E-state index contributed by atoms with van der Waals surface area (Å²) in [6.07, 6.45) is 1.83. The van der Waals surface area contributed by atoms with Crippen LogP contribution in [0.3, 0.4) is 0 Å². The normalized spacial score (nSPS) is 25.9. The Bertz CT molecular complexity index is 441. The topological polar surface area (TPSA) is 32.3 Å². The summed E-state index contributed by atoms with van der Waals surface area (Å²) in [6, 6.07) is 2.27. The van der Waals surface area contributed by atoms with Crippen LogP contribution in [0.25, 0.3) is 0 Å². The van der Waals surface area contributed by atoms with E-state index in [1.807, 2.05) is 11.3 Å². The average Bonchev–Trinajstić information content (AvgIpc) is 2.72. The third kappa shape index (κ3) is 2.17. The largest absolute Gasteiger partial charge is 0.315 e. The first-order chi connectivity index (χ1) is 8.24. The van der Waals surface area contributed by atoms with E-state index in [9.17, 15) is 4.79 Å². The Kier molecular flexibility index (Phi) is 3.03. The number of carbonyl (C=O) groups excluding carboxylic acids is 1. The zero-order valence-corrected chi connectivity index (χ0v) is 11.0. The van der Waals surface area contributed by atoms with Gasteiger partial charge in [-0.25, -0.2) is 0 Å². The summed E-state index contributed by atoms with van der Waals surface area (Å²) in [5.41, 5.74) is 1.44. The van der Waals surface area contributed by atoms with Crippen molar-refractivity contribution in [2.45, 2.75) is 25.3 Å². The summed E-state index contributed by atoms with van der Waals surface area (Å²) in [5.74, 6) is 0.528. The molecule has 0 saturated carbocycles. The van der Waals surface area contributed by atoms with Gasteiger partial charge in [-0.1, -0.05) is 0 Å². The van der Waals surface area contributed by atoms with Crippen LogP contribution in [0.4, 0.5) is 0 Å². The van der Waals surface area contributed by atoms with Crippen molar-refractivity contribution in [2.24, 2.45) is 0 Å². The number of hydrogen-bond acceptors (Lipinski definition) is 4. The minimum atomic E-state index is 0.115. The Morgan fingerprint density at radius 1 is 1.47 bits per heavy atom. The van der Waals surface area contributed by atoms with E-state index in [0.717, 1.165) is 32.6 Å². The molecule has 3 heterocycles. The predicted molar refractivity (Wildman–Crippen MR) is 69.6 cm³/mol. The van der Waals surface area contributed by atoms with Crippen molar-refractivity contribution in [3.05, 3.63) is 21.4 Å².